The molecule has 0 aliphatic heterocycles. The number of rotatable bonds is 5. The fourth-order valence-corrected chi connectivity index (χ4v) is 1.41. The van der Waals surface area contributed by atoms with Crippen molar-refractivity contribution in [3.8, 4) is 0 Å². The molecule has 0 N–H and O–H groups in total. The minimum atomic E-state index is -10.7. The second-order valence-corrected chi connectivity index (χ2v) is 6.64. The van der Waals surface area contributed by atoms with Crippen molar-refractivity contribution >= 4 is 7.81 Å². The third-order valence-electron chi connectivity index (χ3n) is 2.59. The Kier molecular flexibility index (Phi) is 6.02. The van der Waals surface area contributed by atoms with Crippen LogP contribution in [0.1, 0.15) is 33.1 Å². The number of hydrogen-bond donors (Lipinski definition) is 0. The van der Waals surface area contributed by atoms with E-state index < -0.39 is 7.81 Å². The van der Waals surface area contributed by atoms with Gasteiger partial charge in [0, 0.05) is 18.6 Å². The molecule has 1 nitrogen and oxygen atoms in total. The van der Waals surface area contributed by atoms with Gasteiger partial charge in [-0.3, -0.25) is 0 Å². The van der Waals surface area contributed by atoms with Crippen LogP contribution in [0.5, 0.6) is 0 Å². The van der Waals surface area contributed by atoms with Crippen molar-refractivity contribution in [1.29, 1.82) is 0 Å². The van der Waals surface area contributed by atoms with Crippen molar-refractivity contribution in [3.63, 3.8) is 0 Å². The van der Waals surface area contributed by atoms with Crippen LogP contribution in [0.15, 0.2) is 30.6 Å². The van der Waals surface area contributed by atoms with Gasteiger partial charge >= 0.3 is 33.0 Å². The van der Waals surface area contributed by atoms with E-state index in [1.165, 1.54) is 19.3 Å². The van der Waals surface area contributed by atoms with Crippen LogP contribution >= 0.6 is 7.81 Å². The molecule has 8 heteroatoms. The monoisotopic (exact) mass is 323 g/mol. The van der Waals surface area contributed by atoms with E-state index >= 15 is 0 Å². The van der Waals surface area contributed by atoms with Crippen molar-refractivity contribution in [3.05, 3.63) is 30.6 Å². The molecule has 1 aromatic rings. The molecule has 1 heterocycles. The van der Waals surface area contributed by atoms with E-state index in [9.17, 15) is 25.2 Å². The Balaban J connectivity index is 0.000000441. The SMILES string of the molecule is CCC(C)CCC[n+]1ccccc1.F[P-](F)(F)(F)(F)F. The molecule has 1 aromatic heterocycles. The van der Waals surface area contributed by atoms with Crippen LogP contribution in [0.25, 0.3) is 0 Å². The molecule has 0 bridgehead atoms. The summed E-state index contributed by atoms with van der Waals surface area (Å²) in [4.78, 5) is 0. The maximum atomic E-state index is 9.87. The molecule has 0 spiro atoms. The van der Waals surface area contributed by atoms with Crippen molar-refractivity contribution in [2.45, 2.75) is 39.7 Å². The fourth-order valence-electron chi connectivity index (χ4n) is 1.41. The van der Waals surface area contributed by atoms with E-state index in [1.54, 1.807) is 0 Å². The molecule has 0 aromatic carbocycles. The summed E-state index contributed by atoms with van der Waals surface area (Å²) in [6, 6.07) is 6.23. The van der Waals surface area contributed by atoms with Crippen LogP contribution in [0.2, 0.25) is 0 Å². The molecule has 1 atom stereocenters. The molecular weight excluding hydrogens is 303 g/mol. The Morgan fingerprint density at radius 2 is 1.40 bits per heavy atom. The van der Waals surface area contributed by atoms with Gasteiger partial charge in [-0.25, -0.2) is 4.57 Å². The summed E-state index contributed by atoms with van der Waals surface area (Å²) in [5.41, 5.74) is 0. The zero-order chi connectivity index (χ0) is 15.9. The van der Waals surface area contributed by atoms with Crippen LogP contribution in [0.4, 0.5) is 25.2 Å². The Labute approximate surface area is 114 Å². The normalized spacial score (nSPS) is 16.4. The van der Waals surface area contributed by atoms with Gasteiger partial charge in [0.05, 0.1) is 0 Å². The van der Waals surface area contributed by atoms with E-state index in [-0.39, 0.29) is 0 Å². The Bertz CT molecular complexity index is 377. The molecule has 0 saturated carbocycles. The number of halogens is 6. The maximum absolute atomic E-state index is 10.7. The zero-order valence-corrected chi connectivity index (χ0v) is 12.3. The Morgan fingerprint density at radius 1 is 0.950 bits per heavy atom. The Hall–Kier alpha value is -0.840. The molecule has 1 rings (SSSR count). The molecule has 0 radical (unpaired) electrons. The second kappa shape index (κ2) is 6.29. The van der Waals surface area contributed by atoms with Gasteiger partial charge in [-0.1, -0.05) is 26.3 Å². The van der Waals surface area contributed by atoms with Crippen molar-refractivity contribution in [1.82, 2.24) is 0 Å². The fraction of sp³-hybridized carbons (Fsp3) is 0.583. The van der Waals surface area contributed by atoms with Gasteiger partial charge in [0.2, 0.25) is 0 Å². The first-order valence-corrected chi connectivity index (χ1v) is 8.31. The van der Waals surface area contributed by atoms with Crippen LogP contribution in [0, 0.1) is 5.92 Å². The Morgan fingerprint density at radius 3 is 1.80 bits per heavy atom. The average Bonchev–Trinajstić information content (AvgIpc) is 2.26. The van der Waals surface area contributed by atoms with Crippen LogP contribution in [-0.4, -0.2) is 0 Å². The van der Waals surface area contributed by atoms with Crippen molar-refractivity contribution < 1.29 is 29.7 Å². The molecule has 0 amide bonds. The molecule has 0 aliphatic carbocycles. The predicted octanol–water partition coefficient (Wildman–Crippen LogP) is 6.18. The number of pyridine rings is 1. The van der Waals surface area contributed by atoms with Gasteiger partial charge in [-0.05, 0) is 12.3 Å². The van der Waals surface area contributed by atoms with E-state index in [0.29, 0.717) is 0 Å². The summed E-state index contributed by atoms with van der Waals surface area (Å²) in [6.45, 7) is 5.75. The quantitative estimate of drug-likeness (QED) is 0.346. The topological polar surface area (TPSA) is 3.88 Å². The number of aryl methyl sites for hydroxylation is 1. The first-order chi connectivity index (χ1) is 8.78. The molecule has 1 unspecified atom stereocenters. The summed E-state index contributed by atoms with van der Waals surface area (Å²) in [5.74, 6) is 0.879. The summed E-state index contributed by atoms with van der Waals surface area (Å²) < 4.78 is 61.4. The zero-order valence-electron chi connectivity index (χ0n) is 11.5. The van der Waals surface area contributed by atoms with Gasteiger partial charge < -0.3 is 0 Å². The molecule has 20 heavy (non-hydrogen) atoms. The van der Waals surface area contributed by atoms with E-state index in [4.69, 9.17) is 0 Å². The summed E-state index contributed by atoms with van der Waals surface area (Å²) in [7, 11) is -10.7. The van der Waals surface area contributed by atoms with E-state index in [0.717, 1.165) is 12.5 Å². The molecular formula is C12H20F6NP. The summed E-state index contributed by atoms with van der Waals surface area (Å²) in [6.07, 6.45) is 8.22. The number of aromatic nitrogens is 1. The van der Waals surface area contributed by atoms with Gasteiger partial charge in [-0.15, -0.1) is 0 Å². The number of hydrogen-bond acceptors (Lipinski definition) is 0. The summed E-state index contributed by atoms with van der Waals surface area (Å²) >= 11 is 0. The van der Waals surface area contributed by atoms with E-state index in [2.05, 4.69) is 49.0 Å². The number of nitrogens with zero attached hydrogens (tertiary/aromatic N) is 1. The van der Waals surface area contributed by atoms with Crippen LogP contribution in [-0.2, 0) is 6.54 Å². The molecule has 0 saturated heterocycles. The van der Waals surface area contributed by atoms with Gasteiger partial charge in [0.25, 0.3) is 0 Å². The average molecular weight is 323 g/mol. The molecule has 0 fully saturated rings. The third kappa shape index (κ3) is 19.5. The van der Waals surface area contributed by atoms with Gasteiger partial charge in [-0.2, -0.15) is 0 Å². The standard InChI is InChI=1S/C12H20N.F6P/c1-3-12(2)8-7-11-13-9-5-4-6-10-13;1-7(2,3,4,5)6/h4-6,9-10,12H,3,7-8,11H2,1-2H3;/q+1;-1. The molecule has 0 aliphatic rings. The van der Waals surface area contributed by atoms with Crippen molar-refractivity contribution in [2.24, 2.45) is 5.92 Å². The summed E-state index contributed by atoms with van der Waals surface area (Å²) in [5, 5.41) is 0. The minimum absolute atomic E-state index is 0.879. The van der Waals surface area contributed by atoms with Crippen molar-refractivity contribution in [2.75, 3.05) is 0 Å². The van der Waals surface area contributed by atoms with E-state index in [1.807, 2.05) is 0 Å². The van der Waals surface area contributed by atoms with Gasteiger partial charge in [0.1, 0.15) is 6.54 Å². The predicted molar refractivity (Wildman–Crippen MR) is 68.9 cm³/mol. The first-order valence-electron chi connectivity index (χ1n) is 6.28. The third-order valence-corrected chi connectivity index (χ3v) is 2.59. The second-order valence-electron chi connectivity index (χ2n) is 4.73. The van der Waals surface area contributed by atoms with Gasteiger partial charge in [0.15, 0.2) is 12.4 Å². The molecule has 120 valence electrons. The van der Waals surface area contributed by atoms with Crippen LogP contribution < -0.4 is 4.57 Å². The first kappa shape index (κ1) is 19.2. The van der Waals surface area contributed by atoms with Crippen LogP contribution in [0.3, 0.4) is 0 Å².